The Kier molecular flexibility index (Phi) is 8.13. The van der Waals surface area contributed by atoms with E-state index < -0.39 is 17.4 Å². The number of nitrogens with zero attached hydrogens (tertiary/aromatic N) is 1. The second-order valence-corrected chi connectivity index (χ2v) is 9.32. The molecule has 5 rings (SSSR count). The lowest BCUT2D eigenvalue weighted by atomic mass is 10.1. The number of likely N-dealkylation sites (tertiary alicyclic amines) is 1. The first kappa shape index (κ1) is 24.2. The van der Waals surface area contributed by atoms with Gasteiger partial charge >= 0.3 is 0 Å². The molecule has 5 nitrogen and oxygen atoms in total. The predicted octanol–water partition coefficient (Wildman–Crippen LogP) is 5.76. The van der Waals surface area contributed by atoms with E-state index in [1.165, 1.54) is 37.7 Å². The summed E-state index contributed by atoms with van der Waals surface area (Å²) in [5.74, 6) is -2.16. The maximum absolute atomic E-state index is 13.7. The number of rotatable bonds is 5. The van der Waals surface area contributed by atoms with Crippen LogP contribution in [0.5, 0.6) is 23.0 Å². The van der Waals surface area contributed by atoms with E-state index in [2.05, 4.69) is 4.90 Å². The number of ether oxygens (including phenoxy) is 2. The SMILES string of the molecule is Oc1cccc([C@@H]2COc3c(cc(F)c(O)c3F)S2)c1.c1ccc(OCCN2CCCC2)cc1. The molecule has 2 N–H and O–H groups in total. The van der Waals surface area contributed by atoms with Crippen LogP contribution in [0.25, 0.3) is 0 Å². The number of phenols is 2. The molecule has 0 aliphatic carbocycles. The maximum atomic E-state index is 13.7. The number of benzene rings is 3. The standard InChI is InChI=1S/C14H10F2O3S.C12H17NO/c15-9-5-10-14(12(16)13(9)18)19-6-11(20-10)7-2-1-3-8(17)4-7;1-2-6-12(7-3-1)14-11-10-13-8-4-5-9-13/h1-5,11,17-18H,6H2;1-3,6-7H,4-5,8-11H2/t11-;/m0./s1. The zero-order valence-electron chi connectivity index (χ0n) is 18.6. The molecule has 2 aliphatic rings. The van der Waals surface area contributed by atoms with E-state index in [1.54, 1.807) is 24.3 Å². The number of para-hydroxylation sites is 1. The zero-order valence-corrected chi connectivity index (χ0v) is 19.4. The van der Waals surface area contributed by atoms with Crippen LogP contribution in [0, 0.1) is 11.6 Å². The highest BCUT2D eigenvalue weighted by Crippen LogP contribution is 2.48. The molecule has 2 heterocycles. The summed E-state index contributed by atoms with van der Waals surface area (Å²) in [6.07, 6.45) is 2.71. The van der Waals surface area contributed by atoms with E-state index in [1.807, 2.05) is 30.3 Å². The average Bonchev–Trinajstić information content (AvgIpc) is 3.37. The third kappa shape index (κ3) is 6.12. The average molecular weight is 488 g/mol. The normalized spacial score (nSPS) is 17.3. The lowest BCUT2D eigenvalue weighted by molar-refractivity contribution is 0.238. The Hall–Kier alpha value is -2.97. The molecule has 0 bridgehead atoms. The summed E-state index contributed by atoms with van der Waals surface area (Å²) >= 11 is 1.23. The second-order valence-electron chi connectivity index (χ2n) is 8.07. The summed E-state index contributed by atoms with van der Waals surface area (Å²) in [6.45, 7) is 4.54. The predicted molar refractivity (Wildman–Crippen MR) is 128 cm³/mol. The quantitative estimate of drug-likeness (QED) is 0.477. The molecule has 0 aromatic heterocycles. The van der Waals surface area contributed by atoms with Crippen molar-refractivity contribution >= 4 is 11.8 Å². The van der Waals surface area contributed by atoms with Gasteiger partial charge in [0, 0.05) is 6.54 Å². The van der Waals surface area contributed by atoms with Gasteiger partial charge in [0.15, 0.2) is 17.3 Å². The summed E-state index contributed by atoms with van der Waals surface area (Å²) in [5.41, 5.74) is 0.801. The van der Waals surface area contributed by atoms with Crippen molar-refractivity contribution in [3.05, 3.63) is 77.9 Å². The van der Waals surface area contributed by atoms with Crippen LogP contribution in [0.4, 0.5) is 8.78 Å². The highest BCUT2D eigenvalue weighted by atomic mass is 32.2. The Morgan fingerprint density at radius 1 is 1.00 bits per heavy atom. The van der Waals surface area contributed by atoms with Gasteiger partial charge in [-0.1, -0.05) is 30.3 Å². The first-order valence-corrected chi connectivity index (χ1v) is 12.1. The van der Waals surface area contributed by atoms with Crippen molar-refractivity contribution in [1.29, 1.82) is 0 Å². The molecule has 8 heteroatoms. The van der Waals surface area contributed by atoms with Crippen molar-refractivity contribution in [2.45, 2.75) is 23.0 Å². The van der Waals surface area contributed by atoms with Gasteiger partial charge in [0.1, 0.15) is 24.7 Å². The molecule has 1 atom stereocenters. The molecule has 0 spiro atoms. The Bertz CT molecular complexity index is 1090. The number of thioether (sulfide) groups is 1. The van der Waals surface area contributed by atoms with Crippen LogP contribution in [-0.2, 0) is 0 Å². The van der Waals surface area contributed by atoms with Gasteiger partial charge in [-0.2, -0.15) is 4.39 Å². The van der Waals surface area contributed by atoms with E-state index in [0.29, 0.717) is 0 Å². The Labute approximate surface area is 201 Å². The molecular formula is C26H27F2NO4S. The summed E-state index contributed by atoms with van der Waals surface area (Å²) < 4.78 is 38.0. The van der Waals surface area contributed by atoms with Crippen LogP contribution in [0.3, 0.4) is 0 Å². The van der Waals surface area contributed by atoms with Crippen LogP contribution < -0.4 is 9.47 Å². The van der Waals surface area contributed by atoms with Gasteiger partial charge in [0.25, 0.3) is 0 Å². The molecule has 0 saturated carbocycles. The van der Waals surface area contributed by atoms with Crippen molar-refractivity contribution < 1.29 is 28.5 Å². The van der Waals surface area contributed by atoms with Crippen molar-refractivity contribution in [1.82, 2.24) is 4.90 Å². The minimum atomic E-state index is -1.08. The largest absolute Gasteiger partial charge is 0.508 e. The fraction of sp³-hybridized carbons (Fsp3) is 0.308. The number of phenolic OH excluding ortho intramolecular Hbond substituents is 2. The summed E-state index contributed by atoms with van der Waals surface area (Å²) in [5, 5.41) is 18.5. The minimum absolute atomic E-state index is 0.122. The van der Waals surface area contributed by atoms with Crippen LogP contribution in [0.2, 0.25) is 0 Å². The molecule has 0 unspecified atom stereocenters. The van der Waals surface area contributed by atoms with Gasteiger partial charge in [-0.05, 0) is 61.8 Å². The van der Waals surface area contributed by atoms with Crippen molar-refractivity contribution in [3.63, 3.8) is 0 Å². The van der Waals surface area contributed by atoms with E-state index in [0.717, 1.165) is 30.5 Å². The van der Waals surface area contributed by atoms with Crippen molar-refractivity contribution in [2.24, 2.45) is 0 Å². The van der Waals surface area contributed by atoms with E-state index in [-0.39, 0.29) is 28.3 Å². The number of hydrogen-bond donors (Lipinski definition) is 2. The lowest BCUT2D eigenvalue weighted by Crippen LogP contribution is -2.25. The van der Waals surface area contributed by atoms with Crippen LogP contribution in [0.1, 0.15) is 23.7 Å². The maximum Gasteiger partial charge on any atom is 0.210 e. The van der Waals surface area contributed by atoms with E-state index in [9.17, 15) is 19.0 Å². The molecular weight excluding hydrogens is 460 g/mol. The third-order valence-corrected chi connectivity index (χ3v) is 6.87. The molecule has 1 fully saturated rings. The monoisotopic (exact) mass is 487 g/mol. The van der Waals surface area contributed by atoms with Gasteiger partial charge in [-0.15, -0.1) is 11.8 Å². The fourth-order valence-electron chi connectivity index (χ4n) is 3.84. The first-order chi connectivity index (χ1) is 16.5. The first-order valence-electron chi connectivity index (χ1n) is 11.2. The van der Waals surface area contributed by atoms with Crippen LogP contribution in [-0.4, -0.2) is 48.0 Å². The second kappa shape index (κ2) is 11.4. The molecule has 2 aliphatic heterocycles. The Morgan fingerprint density at radius 3 is 2.50 bits per heavy atom. The van der Waals surface area contributed by atoms with E-state index in [4.69, 9.17) is 9.47 Å². The third-order valence-electron chi connectivity index (χ3n) is 5.62. The Morgan fingerprint density at radius 2 is 1.76 bits per heavy atom. The fourth-order valence-corrected chi connectivity index (χ4v) is 5.00. The summed E-state index contributed by atoms with van der Waals surface area (Å²) in [7, 11) is 0. The number of aromatic hydroxyl groups is 2. The summed E-state index contributed by atoms with van der Waals surface area (Å²) in [6, 6.07) is 17.7. The number of fused-ring (bicyclic) bond motifs is 1. The van der Waals surface area contributed by atoms with Crippen molar-refractivity contribution in [2.75, 3.05) is 32.8 Å². The summed E-state index contributed by atoms with van der Waals surface area (Å²) in [4.78, 5) is 2.75. The Balaban J connectivity index is 0.000000172. The molecule has 180 valence electrons. The van der Waals surface area contributed by atoms with Gasteiger partial charge in [-0.25, -0.2) is 4.39 Å². The number of hydrogen-bond acceptors (Lipinski definition) is 6. The van der Waals surface area contributed by atoms with Crippen molar-refractivity contribution in [3.8, 4) is 23.0 Å². The lowest BCUT2D eigenvalue weighted by Gasteiger charge is -2.25. The topological polar surface area (TPSA) is 62.2 Å². The van der Waals surface area contributed by atoms with Gasteiger partial charge in [0.05, 0.1) is 10.1 Å². The van der Waals surface area contributed by atoms with Crippen LogP contribution >= 0.6 is 11.8 Å². The van der Waals surface area contributed by atoms with E-state index >= 15 is 0 Å². The highest BCUT2D eigenvalue weighted by molar-refractivity contribution is 7.99. The molecule has 34 heavy (non-hydrogen) atoms. The molecule has 1 saturated heterocycles. The molecule has 0 amide bonds. The molecule has 3 aromatic carbocycles. The van der Waals surface area contributed by atoms with Gasteiger partial charge < -0.3 is 19.7 Å². The molecule has 0 radical (unpaired) electrons. The smallest absolute Gasteiger partial charge is 0.210 e. The van der Waals surface area contributed by atoms with Gasteiger partial charge in [0.2, 0.25) is 5.82 Å². The molecule has 3 aromatic rings. The number of halogens is 2. The zero-order chi connectivity index (χ0) is 23.9. The minimum Gasteiger partial charge on any atom is -0.508 e. The van der Waals surface area contributed by atoms with Crippen LogP contribution in [0.15, 0.2) is 65.6 Å². The highest BCUT2D eigenvalue weighted by Gasteiger charge is 2.28. The van der Waals surface area contributed by atoms with Gasteiger partial charge in [-0.3, -0.25) is 4.90 Å².